The van der Waals surface area contributed by atoms with Crippen molar-refractivity contribution in [3.05, 3.63) is 83.4 Å². The summed E-state index contributed by atoms with van der Waals surface area (Å²) >= 11 is 0. The van der Waals surface area contributed by atoms with Crippen molar-refractivity contribution >= 4 is 18.0 Å². The number of alkyl carbamates (subject to hydrolysis) is 1. The van der Waals surface area contributed by atoms with Crippen molar-refractivity contribution in [2.45, 2.75) is 25.3 Å². The first-order valence-corrected chi connectivity index (χ1v) is 10.9. The third-order valence-corrected chi connectivity index (χ3v) is 5.55. The molecule has 1 aromatic heterocycles. The van der Waals surface area contributed by atoms with Crippen LogP contribution in [0, 0.1) is 0 Å². The highest BCUT2D eigenvalue weighted by Gasteiger charge is 2.28. The lowest BCUT2D eigenvalue weighted by Crippen LogP contribution is -2.27. The minimum atomic E-state index is -0.911. The Bertz CT molecular complexity index is 1150. The van der Waals surface area contributed by atoms with E-state index in [9.17, 15) is 14.4 Å². The van der Waals surface area contributed by atoms with Crippen LogP contribution in [0.2, 0.25) is 0 Å². The number of aromatic nitrogens is 2. The highest BCUT2D eigenvalue weighted by Crippen LogP contribution is 2.44. The zero-order valence-electron chi connectivity index (χ0n) is 18.4. The quantitative estimate of drug-likeness (QED) is 0.418. The molecule has 3 aromatic rings. The Balaban J connectivity index is 1.26. The largest absolute Gasteiger partial charge is 0.481 e. The normalized spacial score (nSPS) is 11.9. The predicted octanol–water partition coefficient (Wildman–Crippen LogP) is 3.11. The van der Waals surface area contributed by atoms with Gasteiger partial charge in [0.05, 0.1) is 12.1 Å². The molecule has 0 spiro atoms. The van der Waals surface area contributed by atoms with Crippen molar-refractivity contribution < 1.29 is 24.2 Å². The lowest BCUT2D eigenvalue weighted by molar-refractivity contribution is -0.137. The molecule has 0 unspecified atom stereocenters. The zero-order chi connectivity index (χ0) is 23.9. The Hall–Kier alpha value is -4.27. The number of rotatable bonds is 9. The molecule has 0 radical (unpaired) electrons. The third kappa shape index (κ3) is 5.37. The highest BCUT2D eigenvalue weighted by molar-refractivity contribution is 5.93. The first-order valence-electron chi connectivity index (χ1n) is 10.9. The average Bonchev–Trinajstić information content (AvgIpc) is 3.18. The molecule has 1 aliphatic carbocycles. The maximum absolute atomic E-state index is 12.3. The van der Waals surface area contributed by atoms with Gasteiger partial charge in [0.1, 0.15) is 12.4 Å². The Morgan fingerprint density at radius 2 is 1.53 bits per heavy atom. The number of carbonyl (C=O) groups is 3. The Kier molecular flexibility index (Phi) is 7.12. The van der Waals surface area contributed by atoms with E-state index in [0.29, 0.717) is 12.2 Å². The minimum absolute atomic E-state index is 0.0166. The van der Waals surface area contributed by atoms with Crippen LogP contribution in [-0.2, 0) is 16.1 Å². The van der Waals surface area contributed by atoms with E-state index in [1.165, 1.54) is 12.4 Å². The van der Waals surface area contributed by atoms with Crippen LogP contribution in [0.4, 0.5) is 4.79 Å². The molecule has 9 heteroatoms. The number of carboxylic acids is 1. The van der Waals surface area contributed by atoms with E-state index in [2.05, 4.69) is 44.9 Å². The van der Waals surface area contributed by atoms with E-state index < -0.39 is 12.1 Å². The number of hydrogen-bond acceptors (Lipinski definition) is 6. The molecule has 0 bridgehead atoms. The molecular formula is C25H24N4O5. The molecule has 0 saturated carbocycles. The van der Waals surface area contributed by atoms with Crippen molar-refractivity contribution in [2.24, 2.45) is 0 Å². The molecule has 174 valence electrons. The lowest BCUT2D eigenvalue weighted by atomic mass is 9.98. The zero-order valence-corrected chi connectivity index (χ0v) is 18.4. The second-order valence-corrected chi connectivity index (χ2v) is 7.82. The van der Waals surface area contributed by atoms with E-state index >= 15 is 0 Å². The summed E-state index contributed by atoms with van der Waals surface area (Å²) in [4.78, 5) is 43.0. The smallest absolute Gasteiger partial charge is 0.407 e. The van der Waals surface area contributed by atoms with Crippen LogP contribution in [-0.4, -0.2) is 46.2 Å². The molecule has 1 aliphatic rings. The van der Waals surface area contributed by atoms with Crippen molar-refractivity contribution in [3.8, 4) is 11.1 Å². The summed E-state index contributed by atoms with van der Waals surface area (Å²) in [6.07, 6.45) is 2.45. The second-order valence-electron chi connectivity index (χ2n) is 7.82. The Morgan fingerprint density at radius 3 is 2.15 bits per heavy atom. The second kappa shape index (κ2) is 10.6. The fourth-order valence-electron chi connectivity index (χ4n) is 3.91. The van der Waals surface area contributed by atoms with Gasteiger partial charge in [-0.2, -0.15) is 0 Å². The van der Waals surface area contributed by atoms with Crippen molar-refractivity contribution in [3.63, 3.8) is 0 Å². The summed E-state index contributed by atoms with van der Waals surface area (Å²) in [7, 11) is 0. The van der Waals surface area contributed by atoms with Crippen LogP contribution in [0.1, 0.15) is 46.1 Å². The van der Waals surface area contributed by atoms with Gasteiger partial charge in [0.15, 0.2) is 0 Å². The lowest BCUT2D eigenvalue weighted by Gasteiger charge is -2.14. The van der Waals surface area contributed by atoms with E-state index in [-0.39, 0.29) is 43.5 Å². The number of nitrogens with one attached hydrogen (secondary N) is 2. The van der Waals surface area contributed by atoms with Gasteiger partial charge < -0.3 is 20.5 Å². The van der Waals surface area contributed by atoms with E-state index in [1.54, 1.807) is 0 Å². The number of fused-ring (bicyclic) bond motifs is 3. The SMILES string of the molecule is O=C(O)CCCNC(=O)c1cnc(CNC(=O)OCC2c3ccccc3-c3ccccc32)nc1. The van der Waals surface area contributed by atoms with Crippen molar-refractivity contribution in [1.82, 2.24) is 20.6 Å². The van der Waals surface area contributed by atoms with Gasteiger partial charge in [-0.1, -0.05) is 48.5 Å². The first kappa shape index (κ1) is 22.9. The van der Waals surface area contributed by atoms with E-state index in [0.717, 1.165) is 22.3 Å². The van der Waals surface area contributed by atoms with Crippen LogP contribution in [0.15, 0.2) is 60.9 Å². The molecule has 2 amide bonds. The topological polar surface area (TPSA) is 131 Å². The van der Waals surface area contributed by atoms with E-state index in [4.69, 9.17) is 9.84 Å². The van der Waals surface area contributed by atoms with Gasteiger partial charge in [0, 0.05) is 31.3 Å². The molecule has 1 heterocycles. The summed E-state index contributed by atoms with van der Waals surface area (Å²) in [5, 5.41) is 13.9. The summed E-state index contributed by atoms with van der Waals surface area (Å²) in [6.45, 7) is 0.509. The highest BCUT2D eigenvalue weighted by atomic mass is 16.5. The van der Waals surface area contributed by atoms with Gasteiger partial charge in [-0.05, 0) is 28.7 Å². The molecule has 0 atom stereocenters. The van der Waals surface area contributed by atoms with Crippen molar-refractivity contribution in [2.75, 3.05) is 13.2 Å². The fraction of sp³-hybridized carbons (Fsp3) is 0.240. The molecule has 34 heavy (non-hydrogen) atoms. The molecule has 4 rings (SSSR count). The van der Waals surface area contributed by atoms with Gasteiger partial charge in [-0.25, -0.2) is 14.8 Å². The van der Waals surface area contributed by atoms with Crippen LogP contribution in [0.25, 0.3) is 11.1 Å². The number of aliphatic carboxylic acids is 1. The molecule has 2 aromatic carbocycles. The molecular weight excluding hydrogens is 436 g/mol. The van der Waals surface area contributed by atoms with Gasteiger partial charge >= 0.3 is 12.1 Å². The number of amides is 2. The van der Waals surface area contributed by atoms with Crippen LogP contribution >= 0.6 is 0 Å². The summed E-state index contributed by atoms with van der Waals surface area (Å²) in [5.41, 5.74) is 4.84. The number of benzene rings is 2. The number of carbonyl (C=O) groups excluding carboxylic acids is 2. The number of carboxylic acid groups (broad SMARTS) is 1. The van der Waals surface area contributed by atoms with E-state index in [1.807, 2.05) is 24.3 Å². The maximum atomic E-state index is 12.3. The Morgan fingerprint density at radius 1 is 0.912 bits per heavy atom. The van der Waals surface area contributed by atoms with Crippen molar-refractivity contribution in [1.29, 1.82) is 0 Å². The third-order valence-electron chi connectivity index (χ3n) is 5.55. The van der Waals surface area contributed by atoms with Gasteiger partial charge in [0.2, 0.25) is 0 Å². The van der Waals surface area contributed by atoms with Gasteiger partial charge in [-0.15, -0.1) is 0 Å². The molecule has 0 saturated heterocycles. The monoisotopic (exact) mass is 460 g/mol. The number of ether oxygens (including phenoxy) is 1. The molecule has 0 fully saturated rings. The molecule has 0 aliphatic heterocycles. The van der Waals surface area contributed by atoms with Crippen LogP contribution < -0.4 is 10.6 Å². The van der Waals surface area contributed by atoms with Crippen LogP contribution in [0.3, 0.4) is 0 Å². The summed E-state index contributed by atoms with van der Waals surface area (Å²) < 4.78 is 5.48. The first-order chi connectivity index (χ1) is 16.5. The molecule has 3 N–H and O–H groups in total. The molecule has 9 nitrogen and oxygen atoms in total. The maximum Gasteiger partial charge on any atom is 0.407 e. The summed E-state index contributed by atoms with van der Waals surface area (Å²) in [5.74, 6) is -0.995. The number of nitrogens with zero attached hydrogens (tertiary/aromatic N) is 2. The average molecular weight is 460 g/mol. The standard InChI is InChI=1S/C25H24N4O5/c30-23(31)10-5-11-26-24(32)16-12-27-22(28-13-16)14-29-25(33)34-15-21-19-8-3-1-6-17(19)18-7-2-4-9-20(18)21/h1-4,6-9,12-13,21H,5,10-11,14-15H2,(H,26,32)(H,29,33)(H,30,31). The van der Waals surface area contributed by atoms with Gasteiger partial charge in [-0.3, -0.25) is 9.59 Å². The summed E-state index contributed by atoms with van der Waals surface area (Å²) in [6, 6.07) is 16.2. The van der Waals surface area contributed by atoms with Gasteiger partial charge in [0.25, 0.3) is 5.91 Å². The Labute approximate surface area is 196 Å². The predicted molar refractivity (Wildman–Crippen MR) is 123 cm³/mol. The van der Waals surface area contributed by atoms with Crippen LogP contribution in [0.5, 0.6) is 0 Å². The fourth-order valence-corrected chi connectivity index (χ4v) is 3.91. The minimum Gasteiger partial charge on any atom is -0.481 e. The number of hydrogen-bond donors (Lipinski definition) is 3.